The first kappa shape index (κ1) is 14.5. The molecule has 3 N–H and O–H groups in total. The van der Waals surface area contributed by atoms with E-state index in [0.29, 0.717) is 0 Å². The van der Waals surface area contributed by atoms with Crippen molar-refractivity contribution >= 4 is 11.7 Å². The van der Waals surface area contributed by atoms with Crippen molar-refractivity contribution in [3.63, 3.8) is 0 Å². The molecule has 102 valence electrons. The Balaban J connectivity index is 2.84. The smallest absolute Gasteiger partial charge is 0.137 e. The summed E-state index contributed by atoms with van der Waals surface area (Å²) in [5, 5.41) is 12.0. The second-order valence-electron chi connectivity index (χ2n) is 4.90. The maximum Gasteiger partial charge on any atom is 0.137 e. The van der Waals surface area contributed by atoms with Crippen LogP contribution < -0.4 is 10.6 Å². The molecule has 0 aliphatic heterocycles. The molecule has 0 spiro atoms. The highest BCUT2D eigenvalue weighted by molar-refractivity contribution is 6.00. The molecule has 0 saturated heterocycles. The van der Waals surface area contributed by atoms with Crippen molar-refractivity contribution in [1.29, 1.82) is 5.41 Å². The molecule has 1 aromatic rings. The lowest BCUT2D eigenvalue weighted by Crippen LogP contribution is -2.27. The molecule has 0 amide bonds. The minimum atomic E-state index is 0.0788. The molecule has 0 fully saturated rings. The zero-order valence-electron chi connectivity index (χ0n) is 12.0. The molecule has 0 radical (unpaired) electrons. The molecule has 1 rings (SSSR count). The Labute approximate surface area is 109 Å². The van der Waals surface area contributed by atoms with Gasteiger partial charge in [0.2, 0.25) is 0 Å². The van der Waals surface area contributed by atoms with E-state index in [1.54, 1.807) is 4.68 Å². The molecule has 0 aliphatic carbocycles. The van der Waals surface area contributed by atoms with Gasteiger partial charge in [0.15, 0.2) is 0 Å². The third-order valence-corrected chi connectivity index (χ3v) is 2.92. The number of nitrogens with zero attached hydrogens (tertiary/aromatic N) is 4. The number of rotatable bonds is 6. The lowest BCUT2D eigenvalue weighted by Gasteiger charge is -2.21. The van der Waals surface area contributed by atoms with E-state index in [9.17, 15) is 0 Å². The number of nitrogen functional groups attached to an aromatic ring is 1. The topological polar surface area (TPSA) is 74.2 Å². The van der Waals surface area contributed by atoms with Crippen LogP contribution in [0.1, 0.15) is 17.7 Å². The maximum atomic E-state index is 7.66. The summed E-state index contributed by atoms with van der Waals surface area (Å²) in [7, 11) is 8.03. The van der Waals surface area contributed by atoms with Crippen molar-refractivity contribution in [1.82, 2.24) is 14.7 Å². The minimum Gasteiger partial charge on any atom is -0.384 e. The molecule has 0 bridgehead atoms. The van der Waals surface area contributed by atoms with Gasteiger partial charge >= 0.3 is 0 Å². The predicted molar refractivity (Wildman–Crippen MR) is 75.4 cm³/mol. The second-order valence-corrected chi connectivity index (χ2v) is 4.90. The van der Waals surface area contributed by atoms with Gasteiger partial charge in [-0.25, -0.2) is 0 Å². The Morgan fingerprint density at radius 1 is 1.33 bits per heavy atom. The standard InChI is InChI=1S/C12H24N6/c1-9-10(11(13)14)12(18(5)15-9)17(4)8-6-7-16(2)3/h6-8H2,1-5H3,(H3,13,14). The van der Waals surface area contributed by atoms with E-state index >= 15 is 0 Å². The Morgan fingerprint density at radius 2 is 1.94 bits per heavy atom. The average molecular weight is 252 g/mol. The Hall–Kier alpha value is -1.56. The highest BCUT2D eigenvalue weighted by Gasteiger charge is 2.18. The van der Waals surface area contributed by atoms with Crippen LogP contribution in [0.5, 0.6) is 0 Å². The molecule has 0 aromatic carbocycles. The number of hydrogen-bond donors (Lipinski definition) is 2. The minimum absolute atomic E-state index is 0.0788. The van der Waals surface area contributed by atoms with E-state index in [-0.39, 0.29) is 5.84 Å². The van der Waals surface area contributed by atoms with Crippen molar-refractivity contribution < 1.29 is 0 Å². The largest absolute Gasteiger partial charge is 0.384 e. The van der Waals surface area contributed by atoms with Crippen LogP contribution in [-0.4, -0.2) is 54.7 Å². The van der Waals surface area contributed by atoms with Crippen LogP contribution in [-0.2, 0) is 7.05 Å². The normalized spacial score (nSPS) is 11.0. The van der Waals surface area contributed by atoms with Crippen molar-refractivity contribution in [2.24, 2.45) is 12.8 Å². The molecule has 0 unspecified atom stereocenters. The highest BCUT2D eigenvalue weighted by atomic mass is 15.4. The van der Waals surface area contributed by atoms with Gasteiger partial charge in [0.25, 0.3) is 0 Å². The monoisotopic (exact) mass is 252 g/mol. The first-order valence-corrected chi connectivity index (χ1v) is 6.08. The average Bonchev–Trinajstić information content (AvgIpc) is 2.52. The summed E-state index contributed by atoms with van der Waals surface area (Å²) >= 11 is 0. The van der Waals surface area contributed by atoms with Crippen LogP contribution in [0.4, 0.5) is 5.82 Å². The molecule has 0 aliphatic rings. The van der Waals surface area contributed by atoms with Crippen molar-refractivity contribution in [3.05, 3.63) is 11.3 Å². The Bertz CT molecular complexity index is 420. The number of aromatic nitrogens is 2. The Kier molecular flexibility index (Phi) is 4.72. The lowest BCUT2D eigenvalue weighted by atomic mass is 10.2. The van der Waals surface area contributed by atoms with E-state index in [4.69, 9.17) is 11.1 Å². The quantitative estimate of drug-likeness (QED) is 0.568. The molecule has 1 aromatic heterocycles. The third-order valence-electron chi connectivity index (χ3n) is 2.92. The molecule has 0 atom stereocenters. The number of hydrogen-bond acceptors (Lipinski definition) is 4. The van der Waals surface area contributed by atoms with Crippen LogP contribution in [0.3, 0.4) is 0 Å². The van der Waals surface area contributed by atoms with Crippen LogP contribution in [0.2, 0.25) is 0 Å². The summed E-state index contributed by atoms with van der Waals surface area (Å²) < 4.78 is 1.79. The number of nitrogens with two attached hydrogens (primary N) is 1. The molecule has 6 heteroatoms. The fourth-order valence-electron chi connectivity index (χ4n) is 2.13. The van der Waals surface area contributed by atoms with Gasteiger partial charge in [-0.05, 0) is 34.0 Å². The zero-order chi connectivity index (χ0) is 13.9. The van der Waals surface area contributed by atoms with Gasteiger partial charge in [-0.15, -0.1) is 0 Å². The van der Waals surface area contributed by atoms with E-state index in [0.717, 1.165) is 36.6 Å². The summed E-state index contributed by atoms with van der Waals surface area (Å²) in [5.41, 5.74) is 7.18. The fraction of sp³-hybridized carbons (Fsp3) is 0.667. The first-order valence-electron chi connectivity index (χ1n) is 6.08. The van der Waals surface area contributed by atoms with Crippen LogP contribution >= 0.6 is 0 Å². The number of amidine groups is 1. The van der Waals surface area contributed by atoms with Gasteiger partial charge in [0, 0.05) is 20.6 Å². The summed E-state index contributed by atoms with van der Waals surface area (Å²) in [5.74, 6) is 0.994. The number of nitrogens with one attached hydrogen (secondary N) is 1. The predicted octanol–water partition coefficient (Wildman–Crippen LogP) is 0.400. The Morgan fingerprint density at radius 3 is 2.44 bits per heavy atom. The molecule has 1 heterocycles. The van der Waals surface area contributed by atoms with Crippen LogP contribution in [0.15, 0.2) is 0 Å². The molecule has 0 saturated carbocycles. The van der Waals surface area contributed by atoms with Gasteiger partial charge in [-0.2, -0.15) is 5.10 Å². The number of aryl methyl sites for hydroxylation is 2. The summed E-state index contributed by atoms with van der Waals surface area (Å²) in [6, 6.07) is 0. The highest BCUT2D eigenvalue weighted by Crippen LogP contribution is 2.21. The molecule has 6 nitrogen and oxygen atoms in total. The third kappa shape index (κ3) is 3.22. The van der Waals surface area contributed by atoms with Crippen molar-refractivity contribution in [2.75, 3.05) is 39.1 Å². The van der Waals surface area contributed by atoms with Crippen LogP contribution in [0.25, 0.3) is 0 Å². The van der Waals surface area contributed by atoms with Gasteiger partial charge in [0.1, 0.15) is 11.7 Å². The summed E-state index contributed by atoms with van der Waals surface area (Å²) in [6.07, 6.45) is 1.06. The second kappa shape index (κ2) is 5.86. The van der Waals surface area contributed by atoms with Gasteiger partial charge in [-0.1, -0.05) is 0 Å². The van der Waals surface area contributed by atoms with E-state index in [1.807, 2.05) is 21.0 Å². The maximum absolute atomic E-state index is 7.66. The molecular formula is C12H24N6. The van der Waals surface area contributed by atoms with Gasteiger partial charge in [0.05, 0.1) is 11.3 Å². The lowest BCUT2D eigenvalue weighted by molar-refractivity contribution is 0.401. The summed E-state index contributed by atoms with van der Waals surface area (Å²) in [6.45, 7) is 3.84. The van der Waals surface area contributed by atoms with Crippen molar-refractivity contribution in [2.45, 2.75) is 13.3 Å². The summed E-state index contributed by atoms with van der Waals surface area (Å²) in [4.78, 5) is 4.27. The van der Waals surface area contributed by atoms with Crippen LogP contribution in [0, 0.1) is 12.3 Å². The SMILES string of the molecule is Cc1nn(C)c(N(C)CCCN(C)C)c1C(=N)N. The first-order chi connectivity index (χ1) is 8.34. The fourth-order valence-corrected chi connectivity index (χ4v) is 2.13. The zero-order valence-corrected chi connectivity index (χ0v) is 12.0. The van der Waals surface area contributed by atoms with E-state index < -0.39 is 0 Å². The van der Waals surface area contributed by atoms with Crippen molar-refractivity contribution in [3.8, 4) is 0 Å². The van der Waals surface area contributed by atoms with Gasteiger partial charge in [-0.3, -0.25) is 10.1 Å². The van der Waals surface area contributed by atoms with E-state index in [1.165, 1.54) is 0 Å². The molecule has 18 heavy (non-hydrogen) atoms. The molecular weight excluding hydrogens is 228 g/mol. The van der Waals surface area contributed by atoms with Gasteiger partial charge < -0.3 is 15.5 Å². The number of anilines is 1. The van der Waals surface area contributed by atoms with E-state index in [2.05, 4.69) is 29.0 Å².